The first-order chi connectivity index (χ1) is 9.47. The number of aryl methyl sites for hydroxylation is 1. The lowest BCUT2D eigenvalue weighted by Crippen LogP contribution is -2.50. The molecule has 1 aliphatic rings. The van der Waals surface area contributed by atoms with Crippen molar-refractivity contribution in [2.75, 3.05) is 6.54 Å². The molecule has 0 bridgehead atoms. The number of carbonyl (C=O) groups is 1. The Labute approximate surface area is 117 Å². The molecular formula is C15H20FNO3. The molecule has 4 nitrogen and oxygen atoms in total. The van der Waals surface area contributed by atoms with Gasteiger partial charge in [0.1, 0.15) is 23.2 Å². The first-order valence-electron chi connectivity index (χ1n) is 6.88. The molecule has 5 heteroatoms. The highest BCUT2D eigenvalue weighted by Crippen LogP contribution is 2.33. The number of nitrogens with one attached hydrogen (secondary N) is 1. The molecule has 2 rings (SSSR count). The Balaban J connectivity index is 2.05. The average molecular weight is 281 g/mol. The van der Waals surface area contributed by atoms with Crippen molar-refractivity contribution in [2.24, 2.45) is 0 Å². The lowest BCUT2D eigenvalue weighted by molar-refractivity contribution is -0.144. The van der Waals surface area contributed by atoms with Crippen molar-refractivity contribution in [3.05, 3.63) is 29.6 Å². The second-order valence-electron chi connectivity index (χ2n) is 5.31. The Kier molecular flexibility index (Phi) is 4.28. The monoisotopic (exact) mass is 281 g/mol. The van der Waals surface area contributed by atoms with Crippen LogP contribution in [-0.4, -0.2) is 29.3 Å². The highest BCUT2D eigenvalue weighted by Gasteiger charge is 2.45. The van der Waals surface area contributed by atoms with Gasteiger partial charge in [-0.25, -0.2) is 4.39 Å². The molecule has 0 spiro atoms. The minimum Gasteiger partial charge on any atom is -0.490 e. The van der Waals surface area contributed by atoms with Crippen LogP contribution >= 0.6 is 0 Å². The summed E-state index contributed by atoms with van der Waals surface area (Å²) < 4.78 is 19.2. The van der Waals surface area contributed by atoms with Gasteiger partial charge in [0.15, 0.2) is 0 Å². The van der Waals surface area contributed by atoms with E-state index in [0.29, 0.717) is 37.1 Å². The summed E-state index contributed by atoms with van der Waals surface area (Å²) in [7, 11) is 0. The summed E-state index contributed by atoms with van der Waals surface area (Å²) in [6, 6.07) is 4.73. The number of hydrogen-bond acceptors (Lipinski definition) is 3. The van der Waals surface area contributed by atoms with Crippen LogP contribution in [0.2, 0.25) is 0 Å². The number of hydrogen-bond donors (Lipinski definition) is 2. The van der Waals surface area contributed by atoms with Crippen LogP contribution in [0.3, 0.4) is 0 Å². The van der Waals surface area contributed by atoms with Crippen LogP contribution < -0.4 is 10.1 Å². The van der Waals surface area contributed by atoms with E-state index in [-0.39, 0.29) is 11.9 Å². The highest BCUT2D eigenvalue weighted by molar-refractivity contribution is 5.79. The van der Waals surface area contributed by atoms with Crippen molar-refractivity contribution >= 4 is 5.97 Å². The zero-order chi connectivity index (χ0) is 14.8. The second-order valence-corrected chi connectivity index (χ2v) is 5.31. The van der Waals surface area contributed by atoms with E-state index >= 15 is 0 Å². The summed E-state index contributed by atoms with van der Waals surface area (Å²) >= 11 is 0. The number of carboxylic acid groups (broad SMARTS) is 1. The number of aliphatic carboxylic acids is 1. The van der Waals surface area contributed by atoms with Gasteiger partial charge in [0.2, 0.25) is 0 Å². The van der Waals surface area contributed by atoms with Crippen LogP contribution in [0.5, 0.6) is 5.75 Å². The van der Waals surface area contributed by atoms with Crippen LogP contribution in [0.4, 0.5) is 4.39 Å². The molecule has 1 saturated carbocycles. The van der Waals surface area contributed by atoms with E-state index < -0.39 is 11.5 Å². The maximum atomic E-state index is 13.5. The van der Waals surface area contributed by atoms with E-state index in [1.807, 2.05) is 6.92 Å². The summed E-state index contributed by atoms with van der Waals surface area (Å²) in [6.07, 6.45) is 1.36. The van der Waals surface area contributed by atoms with Crippen LogP contribution in [-0.2, 0) is 4.79 Å². The van der Waals surface area contributed by atoms with Gasteiger partial charge in [0, 0.05) is 12.5 Å². The van der Waals surface area contributed by atoms with E-state index in [1.54, 1.807) is 19.1 Å². The molecule has 1 aromatic rings. The van der Waals surface area contributed by atoms with Crippen molar-refractivity contribution < 1.29 is 19.0 Å². The van der Waals surface area contributed by atoms with E-state index in [0.717, 1.165) is 0 Å². The quantitative estimate of drug-likeness (QED) is 0.870. The van der Waals surface area contributed by atoms with E-state index in [9.17, 15) is 14.3 Å². The predicted molar refractivity (Wildman–Crippen MR) is 73.4 cm³/mol. The summed E-state index contributed by atoms with van der Waals surface area (Å²) in [6.45, 7) is 4.17. The molecule has 0 aliphatic heterocycles. The van der Waals surface area contributed by atoms with Crippen molar-refractivity contribution in [1.29, 1.82) is 0 Å². The molecule has 110 valence electrons. The predicted octanol–water partition coefficient (Wildman–Crippen LogP) is 2.50. The lowest BCUT2D eigenvalue weighted by Gasteiger charge is -2.25. The molecule has 20 heavy (non-hydrogen) atoms. The van der Waals surface area contributed by atoms with Gasteiger partial charge < -0.3 is 15.2 Å². The normalized spacial score (nSPS) is 25.6. The first-order valence-corrected chi connectivity index (χ1v) is 6.88. The lowest BCUT2D eigenvalue weighted by atomic mass is 9.98. The number of rotatable bonds is 5. The van der Waals surface area contributed by atoms with Gasteiger partial charge in [-0.3, -0.25) is 4.79 Å². The van der Waals surface area contributed by atoms with Crippen molar-refractivity contribution in [2.45, 2.75) is 44.8 Å². The van der Waals surface area contributed by atoms with Crippen molar-refractivity contribution in [1.82, 2.24) is 5.32 Å². The average Bonchev–Trinajstić information content (AvgIpc) is 2.79. The molecule has 1 fully saturated rings. The van der Waals surface area contributed by atoms with Gasteiger partial charge in [-0.15, -0.1) is 0 Å². The zero-order valence-electron chi connectivity index (χ0n) is 11.8. The topological polar surface area (TPSA) is 58.6 Å². The third-order valence-corrected chi connectivity index (χ3v) is 3.84. The minimum absolute atomic E-state index is 0.202. The van der Waals surface area contributed by atoms with Gasteiger partial charge in [0.05, 0.1) is 0 Å². The van der Waals surface area contributed by atoms with Crippen molar-refractivity contribution in [3.8, 4) is 5.75 Å². The van der Waals surface area contributed by atoms with Crippen LogP contribution in [0.15, 0.2) is 18.2 Å². The molecule has 0 aromatic heterocycles. The molecule has 1 aromatic carbocycles. The van der Waals surface area contributed by atoms with Crippen LogP contribution in [0.25, 0.3) is 0 Å². The molecule has 2 atom stereocenters. The molecule has 0 heterocycles. The number of carboxylic acids is 1. The molecule has 2 N–H and O–H groups in total. The van der Waals surface area contributed by atoms with Crippen LogP contribution in [0, 0.1) is 12.7 Å². The molecule has 0 radical (unpaired) electrons. The SMILES string of the molecule is CCNC1(C(=O)O)CCC(Oc2ccc(C)c(F)c2)C1. The molecule has 0 amide bonds. The smallest absolute Gasteiger partial charge is 0.324 e. The van der Waals surface area contributed by atoms with Gasteiger partial charge in [-0.1, -0.05) is 13.0 Å². The van der Waals surface area contributed by atoms with E-state index in [1.165, 1.54) is 6.07 Å². The van der Waals surface area contributed by atoms with Gasteiger partial charge in [-0.2, -0.15) is 0 Å². The Morgan fingerprint density at radius 1 is 1.60 bits per heavy atom. The standard InChI is InChI=1S/C15H20FNO3/c1-3-17-15(14(18)19)7-6-12(9-15)20-11-5-4-10(2)13(16)8-11/h4-5,8,12,17H,3,6-7,9H2,1-2H3,(H,18,19). The third kappa shape index (κ3) is 2.93. The Bertz CT molecular complexity index is 506. The zero-order valence-corrected chi connectivity index (χ0v) is 11.8. The fraction of sp³-hybridized carbons (Fsp3) is 0.533. The van der Waals surface area contributed by atoms with Gasteiger partial charge in [0.25, 0.3) is 0 Å². The Morgan fingerprint density at radius 2 is 2.35 bits per heavy atom. The Morgan fingerprint density at radius 3 is 2.95 bits per heavy atom. The fourth-order valence-electron chi connectivity index (χ4n) is 2.71. The van der Waals surface area contributed by atoms with Gasteiger partial charge in [-0.05, 0) is 37.9 Å². The fourth-order valence-corrected chi connectivity index (χ4v) is 2.71. The van der Waals surface area contributed by atoms with Crippen LogP contribution in [0.1, 0.15) is 31.7 Å². The minimum atomic E-state index is -0.914. The van der Waals surface area contributed by atoms with E-state index in [2.05, 4.69) is 5.32 Å². The second kappa shape index (κ2) is 5.79. The summed E-state index contributed by atoms with van der Waals surface area (Å²) in [5, 5.41) is 12.4. The highest BCUT2D eigenvalue weighted by atomic mass is 19.1. The maximum Gasteiger partial charge on any atom is 0.324 e. The summed E-state index contributed by atoms with van der Waals surface area (Å²) in [4.78, 5) is 11.4. The number of benzene rings is 1. The van der Waals surface area contributed by atoms with Gasteiger partial charge >= 0.3 is 5.97 Å². The first kappa shape index (κ1) is 14.8. The Hall–Kier alpha value is -1.62. The molecule has 1 aliphatic carbocycles. The summed E-state index contributed by atoms with van der Waals surface area (Å²) in [5.74, 6) is -0.701. The van der Waals surface area contributed by atoms with E-state index in [4.69, 9.17) is 4.74 Å². The number of halogens is 1. The molecule has 0 saturated heterocycles. The summed E-state index contributed by atoms with van der Waals surface area (Å²) in [5.41, 5.74) is -0.348. The third-order valence-electron chi connectivity index (χ3n) is 3.84. The van der Waals surface area contributed by atoms with Crippen molar-refractivity contribution in [3.63, 3.8) is 0 Å². The maximum absolute atomic E-state index is 13.5. The number of ether oxygens (including phenoxy) is 1. The molecule has 2 unspecified atom stereocenters. The largest absolute Gasteiger partial charge is 0.490 e. The molecular weight excluding hydrogens is 261 g/mol. The number of likely N-dealkylation sites (N-methyl/N-ethyl adjacent to an activating group) is 1.